The van der Waals surface area contributed by atoms with E-state index in [1.54, 1.807) is 13.8 Å². The Morgan fingerprint density at radius 1 is 0.714 bits per heavy atom. The summed E-state index contributed by atoms with van der Waals surface area (Å²) in [6, 6.07) is 0. The fraction of sp³-hybridized carbons (Fsp3) is 1.00. The summed E-state index contributed by atoms with van der Waals surface area (Å²) in [7, 11) is 0. The van der Waals surface area contributed by atoms with Gasteiger partial charge in [-0.15, -0.1) is 0 Å². The minimum Gasteiger partial charge on any atom is -0.388 e. The Balaban J connectivity index is -0.000000403. The van der Waals surface area contributed by atoms with Gasteiger partial charge in [-0.1, -0.05) is 0 Å². The third-order valence-electron chi connectivity index (χ3n) is 2.09. The molecule has 1 aliphatic rings. The summed E-state index contributed by atoms with van der Waals surface area (Å²) in [5.41, 5.74) is 0. The Morgan fingerprint density at radius 2 is 1.00 bits per heavy atom. The molecule has 4 nitrogen and oxygen atoms in total. The van der Waals surface area contributed by atoms with E-state index in [-0.39, 0.29) is 132 Å². The van der Waals surface area contributed by atoms with Crippen LogP contribution >= 0.6 is 0 Å². The van der Waals surface area contributed by atoms with E-state index in [1.165, 1.54) is 0 Å². The molecule has 3 N–H and O–H groups in total. The smallest absolute Gasteiger partial charge is 0.111 e. The van der Waals surface area contributed by atoms with Crippen molar-refractivity contribution in [2.75, 3.05) is 0 Å². The molecule has 1 heterocycles. The maximum Gasteiger partial charge on any atom is 0.111 e. The maximum atomic E-state index is 9.21. The van der Waals surface area contributed by atoms with Crippen LogP contribution in [0.25, 0.3) is 0 Å². The zero-order valence-electron chi connectivity index (χ0n) is 8.37. The van der Waals surface area contributed by atoms with Crippen molar-refractivity contribution < 1.29 is 152 Å². The first-order valence-electron chi connectivity index (χ1n) is 3.73. The van der Waals surface area contributed by atoms with Crippen molar-refractivity contribution in [3.05, 3.63) is 0 Å². The molecule has 4 atom stereocenters. The second kappa shape index (κ2) is 11.0. The van der Waals surface area contributed by atoms with Gasteiger partial charge in [-0.25, -0.2) is 0 Å². The Morgan fingerprint density at radius 3 is 1.29 bits per heavy atom. The number of hydrogen-bond acceptors (Lipinski definition) is 4. The molecule has 7 heteroatoms. The fourth-order valence-electron chi connectivity index (χ4n) is 1.26. The summed E-state index contributed by atoms with van der Waals surface area (Å²) < 4.78 is 5.12. The van der Waals surface area contributed by atoms with Crippen LogP contribution in [0.15, 0.2) is 0 Å². The van der Waals surface area contributed by atoms with Gasteiger partial charge in [0.15, 0.2) is 0 Å². The van der Waals surface area contributed by atoms with Crippen molar-refractivity contribution in [3.8, 4) is 0 Å². The van der Waals surface area contributed by atoms with Gasteiger partial charge in [0.2, 0.25) is 0 Å². The Bertz CT molecular complexity index is 135. The molecule has 0 aromatic carbocycles. The van der Waals surface area contributed by atoms with Crippen LogP contribution in [0.4, 0.5) is 0 Å². The first-order valence-corrected chi connectivity index (χ1v) is 3.73. The van der Waals surface area contributed by atoms with Crippen molar-refractivity contribution in [2.45, 2.75) is 44.4 Å². The zero-order valence-corrected chi connectivity index (χ0v) is 22.6. The van der Waals surface area contributed by atoms with E-state index in [0.717, 1.165) is 0 Å². The maximum absolute atomic E-state index is 9.21. The van der Waals surface area contributed by atoms with Crippen molar-refractivity contribution in [1.29, 1.82) is 0 Å². The van der Waals surface area contributed by atoms with Crippen LogP contribution in [0.1, 0.15) is 13.8 Å². The zero-order chi connectivity index (χ0) is 8.59. The standard InChI is InChI=1S/C7H14O4.3Ac/c1-3-5(8)7(10)6(9)4(2)11-3;;;/h3-10H,1-2H3;;;. The van der Waals surface area contributed by atoms with Crippen LogP contribution in [0, 0.1) is 132 Å². The van der Waals surface area contributed by atoms with Gasteiger partial charge in [0.1, 0.15) is 18.3 Å². The van der Waals surface area contributed by atoms with Gasteiger partial charge in [-0.05, 0) is 13.8 Å². The van der Waals surface area contributed by atoms with E-state index in [2.05, 4.69) is 0 Å². The first kappa shape index (κ1) is 23.3. The number of hydrogen-bond donors (Lipinski definition) is 3. The van der Waals surface area contributed by atoms with Crippen molar-refractivity contribution in [2.24, 2.45) is 0 Å². The molecule has 0 spiro atoms. The van der Waals surface area contributed by atoms with Crippen LogP contribution in [0.5, 0.6) is 0 Å². The van der Waals surface area contributed by atoms with Crippen LogP contribution in [-0.2, 0) is 4.74 Å². The largest absolute Gasteiger partial charge is 0.388 e. The summed E-state index contributed by atoms with van der Waals surface area (Å²) >= 11 is 0. The fourth-order valence-corrected chi connectivity index (χ4v) is 1.26. The summed E-state index contributed by atoms with van der Waals surface area (Å²) in [4.78, 5) is 0. The molecule has 0 aliphatic carbocycles. The van der Waals surface area contributed by atoms with Gasteiger partial charge >= 0.3 is 0 Å². The average Bonchev–Trinajstić information content (AvgIpc) is 1.97. The summed E-state index contributed by atoms with van der Waals surface area (Å²) in [5, 5.41) is 27.6. The molecule has 4 unspecified atom stereocenters. The summed E-state index contributed by atoms with van der Waals surface area (Å²) in [6.45, 7) is 3.33. The quantitative estimate of drug-likeness (QED) is 0.290. The number of ether oxygens (including phenoxy) is 1. The molecule has 1 rings (SSSR count). The molecule has 0 amide bonds. The Labute approximate surface area is 192 Å². The molecular weight excluding hydrogens is 829 g/mol. The van der Waals surface area contributed by atoms with Gasteiger partial charge in [0, 0.05) is 132 Å². The molecule has 75 valence electrons. The van der Waals surface area contributed by atoms with Gasteiger partial charge < -0.3 is 20.1 Å². The minimum atomic E-state index is -1.09. The first-order chi connectivity index (χ1) is 5.04. The molecule has 14 heavy (non-hydrogen) atoms. The van der Waals surface area contributed by atoms with E-state index in [9.17, 15) is 15.3 Å². The van der Waals surface area contributed by atoms with Crippen LogP contribution in [-0.4, -0.2) is 45.8 Å². The van der Waals surface area contributed by atoms with E-state index in [0.29, 0.717) is 0 Å². The topological polar surface area (TPSA) is 69.9 Å². The predicted molar refractivity (Wildman–Crippen MR) is 38.0 cm³/mol. The van der Waals surface area contributed by atoms with E-state index >= 15 is 0 Å². The molecule has 1 aliphatic heterocycles. The monoisotopic (exact) mass is 843 g/mol. The number of aliphatic hydroxyl groups excluding tert-OH is 3. The van der Waals surface area contributed by atoms with Crippen LogP contribution in [0.3, 0.4) is 0 Å². The van der Waals surface area contributed by atoms with E-state index < -0.39 is 30.5 Å². The molecule has 3 radical (unpaired) electrons. The average molecular weight is 843 g/mol. The Hall–Kier alpha value is 4.16. The molecule has 0 aromatic heterocycles. The predicted octanol–water partition coefficient (Wildman–Crippen LogP) is -1.12. The van der Waals surface area contributed by atoms with Crippen LogP contribution in [0.2, 0.25) is 0 Å². The van der Waals surface area contributed by atoms with E-state index in [4.69, 9.17) is 4.74 Å². The van der Waals surface area contributed by atoms with Gasteiger partial charge in [-0.2, -0.15) is 0 Å². The normalized spacial score (nSPS) is 41.4. The van der Waals surface area contributed by atoms with Gasteiger partial charge in [0.05, 0.1) is 12.2 Å². The minimum absolute atomic E-state index is 0. The SMILES string of the molecule is CC1OC(C)C(O)C(O)C1O.[Ac].[Ac].[Ac]. The molecule has 0 saturated carbocycles. The number of rotatable bonds is 0. The van der Waals surface area contributed by atoms with Crippen molar-refractivity contribution in [3.63, 3.8) is 0 Å². The summed E-state index contributed by atoms with van der Waals surface area (Å²) in [6.07, 6.45) is -3.89. The van der Waals surface area contributed by atoms with Crippen molar-refractivity contribution >= 4 is 0 Å². The van der Waals surface area contributed by atoms with Gasteiger partial charge in [0.25, 0.3) is 0 Å². The van der Waals surface area contributed by atoms with Crippen LogP contribution < -0.4 is 0 Å². The second-order valence-corrected chi connectivity index (χ2v) is 3.02. The third-order valence-corrected chi connectivity index (χ3v) is 2.09. The summed E-state index contributed by atoms with van der Waals surface area (Å²) in [5.74, 6) is 0. The molecule has 0 bridgehead atoms. The van der Waals surface area contributed by atoms with Gasteiger partial charge in [-0.3, -0.25) is 0 Å². The molecule has 0 aromatic rings. The number of aliphatic hydroxyl groups is 3. The second-order valence-electron chi connectivity index (χ2n) is 3.02. The third kappa shape index (κ3) is 6.37. The molecule has 1 saturated heterocycles. The van der Waals surface area contributed by atoms with E-state index in [1.807, 2.05) is 0 Å². The van der Waals surface area contributed by atoms with Crippen molar-refractivity contribution in [1.82, 2.24) is 0 Å². The molecular formula is C7H14Ac3O4. The molecule has 1 fully saturated rings. The Kier molecular flexibility index (Phi) is 18.3.